The highest BCUT2D eigenvalue weighted by Crippen LogP contribution is 2.22. The minimum absolute atomic E-state index is 0.125. The van der Waals surface area contributed by atoms with Gasteiger partial charge < -0.3 is 14.8 Å². The van der Waals surface area contributed by atoms with E-state index >= 15 is 0 Å². The van der Waals surface area contributed by atoms with Crippen LogP contribution in [-0.2, 0) is 9.53 Å². The third-order valence-corrected chi connectivity index (χ3v) is 2.54. The molecule has 0 atom stereocenters. The number of hydrogen-bond donors (Lipinski definition) is 1. The minimum atomic E-state index is -0.251. The summed E-state index contributed by atoms with van der Waals surface area (Å²) in [7, 11) is 1.56. The Kier molecular flexibility index (Phi) is 6.19. The average molecular weight is 313 g/mol. The number of carbonyl (C=O) groups excluding carboxylic acids is 1. The first kappa shape index (κ1) is 14.5. The van der Waals surface area contributed by atoms with Crippen molar-refractivity contribution in [3.8, 4) is 11.8 Å². The van der Waals surface area contributed by atoms with E-state index in [-0.39, 0.29) is 12.5 Å². The van der Waals surface area contributed by atoms with Gasteiger partial charge in [0, 0.05) is 18.1 Å². The van der Waals surface area contributed by atoms with E-state index in [1.807, 2.05) is 6.07 Å². The number of rotatable bonds is 6. The predicted octanol–water partition coefficient (Wildman–Crippen LogP) is 1.46. The average Bonchev–Trinajstić information content (AvgIpc) is 2.37. The molecule has 6 heteroatoms. The molecule has 1 rings (SSSR count). The zero-order chi connectivity index (χ0) is 13.4. The highest BCUT2D eigenvalue weighted by molar-refractivity contribution is 9.10. The fourth-order valence-electron chi connectivity index (χ4n) is 1.20. The largest absolute Gasteiger partial charge is 0.482 e. The molecule has 1 N–H and O–H groups in total. The van der Waals surface area contributed by atoms with E-state index in [1.165, 1.54) is 0 Å². The number of carbonyl (C=O) groups is 1. The van der Waals surface area contributed by atoms with E-state index in [0.29, 0.717) is 24.5 Å². The molecule has 0 saturated carbocycles. The van der Waals surface area contributed by atoms with Crippen LogP contribution >= 0.6 is 15.9 Å². The summed E-state index contributed by atoms with van der Waals surface area (Å²) in [5.41, 5.74) is 0.383. The Morgan fingerprint density at radius 2 is 2.33 bits per heavy atom. The normalized spacial score (nSPS) is 9.61. The molecular formula is C12H13BrN2O3. The van der Waals surface area contributed by atoms with Gasteiger partial charge in [0.2, 0.25) is 0 Å². The molecular weight excluding hydrogens is 300 g/mol. The van der Waals surface area contributed by atoms with Crippen molar-refractivity contribution in [3.63, 3.8) is 0 Å². The van der Waals surface area contributed by atoms with Gasteiger partial charge in [-0.05, 0) is 18.2 Å². The van der Waals surface area contributed by atoms with Crippen molar-refractivity contribution in [2.75, 3.05) is 26.9 Å². The summed E-state index contributed by atoms with van der Waals surface area (Å²) in [6, 6.07) is 7.04. The number of halogens is 1. The van der Waals surface area contributed by atoms with Gasteiger partial charge in [0.05, 0.1) is 12.2 Å². The zero-order valence-electron chi connectivity index (χ0n) is 9.90. The van der Waals surface area contributed by atoms with Gasteiger partial charge in [0.25, 0.3) is 5.91 Å². The van der Waals surface area contributed by atoms with Crippen LogP contribution in [0, 0.1) is 11.3 Å². The van der Waals surface area contributed by atoms with Gasteiger partial charge in [0.1, 0.15) is 11.8 Å². The van der Waals surface area contributed by atoms with E-state index in [1.54, 1.807) is 25.3 Å². The molecule has 0 aliphatic carbocycles. The standard InChI is InChI=1S/C12H13BrN2O3/c1-17-5-4-15-12(16)8-18-11-3-2-10(13)6-9(11)7-14/h2-3,6H,4-5,8H2,1H3,(H,15,16). The molecule has 96 valence electrons. The van der Waals surface area contributed by atoms with Crippen LogP contribution in [-0.4, -0.2) is 32.8 Å². The number of ether oxygens (including phenoxy) is 2. The van der Waals surface area contributed by atoms with Crippen LogP contribution in [0.25, 0.3) is 0 Å². The molecule has 0 aromatic heterocycles. The molecule has 0 heterocycles. The number of amides is 1. The molecule has 1 aromatic carbocycles. The van der Waals surface area contributed by atoms with Crippen LogP contribution in [0.3, 0.4) is 0 Å². The van der Waals surface area contributed by atoms with Crippen molar-refractivity contribution in [3.05, 3.63) is 28.2 Å². The van der Waals surface area contributed by atoms with Crippen molar-refractivity contribution in [2.24, 2.45) is 0 Å². The van der Waals surface area contributed by atoms with Crippen LogP contribution in [0.15, 0.2) is 22.7 Å². The lowest BCUT2D eigenvalue weighted by atomic mass is 10.2. The summed E-state index contributed by atoms with van der Waals surface area (Å²) in [6.45, 7) is 0.762. The second kappa shape index (κ2) is 7.69. The Balaban J connectivity index is 2.48. The number of nitrogens with zero attached hydrogens (tertiary/aromatic N) is 1. The summed E-state index contributed by atoms with van der Waals surface area (Å²) in [5.74, 6) is 0.140. The van der Waals surface area contributed by atoms with Crippen LogP contribution in [0.4, 0.5) is 0 Å². The third-order valence-electron chi connectivity index (χ3n) is 2.05. The van der Waals surface area contributed by atoms with Gasteiger partial charge in [-0.1, -0.05) is 15.9 Å². The van der Waals surface area contributed by atoms with Gasteiger partial charge >= 0.3 is 0 Å². The van der Waals surface area contributed by atoms with Crippen molar-refractivity contribution in [1.82, 2.24) is 5.32 Å². The van der Waals surface area contributed by atoms with Crippen LogP contribution in [0.2, 0.25) is 0 Å². The fraction of sp³-hybridized carbons (Fsp3) is 0.333. The number of hydrogen-bond acceptors (Lipinski definition) is 4. The minimum Gasteiger partial charge on any atom is -0.482 e. The molecule has 0 aliphatic rings. The molecule has 0 radical (unpaired) electrons. The Morgan fingerprint density at radius 1 is 1.56 bits per heavy atom. The zero-order valence-corrected chi connectivity index (χ0v) is 11.5. The van der Waals surface area contributed by atoms with Gasteiger partial charge in [0.15, 0.2) is 6.61 Å². The second-order valence-electron chi connectivity index (χ2n) is 3.38. The molecule has 1 amide bonds. The highest BCUT2D eigenvalue weighted by atomic mass is 79.9. The maximum absolute atomic E-state index is 11.4. The van der Waals surface area contributed by atoms with E-state index < -0.39 is 0 Å². The summed E-state index contributed by atoms with van der Waals surface area (Å²) in [4.78, 5) is 11.4. The Labute approximate surface area is 114 Å². The second-order valence-corrected chi connectivity index (χ2v) is 4.30. The Bertz CT molecular complexity index is 457. The Hall–Kier alpha value is -1.58. The molecule has 1 aromatic rings. The number of nitrogens with one attached hydrogen (secondary N) is 1. The summed E-state index contributed by atoms with van der Waals surface area (Å²) in [5, 5.41) is 11.5. The molecule has 0 saturated heterocycles. The lowest BCUT2D eigenvalue weighted by Crippen LogP contribution is -2.31. The van der Waals surface area contributed by atoms with Crippen molar-refractivity contribution >= 4 is 21.8 Å². The molecule has 0 spiro atoms. The smallest absolute Gasteiger partial charge is 0.258 e. The SMILES string of the molecule is COCCNC(=O)COc1ccc(Br)cc1C#N. The molecule has 0 fully saturated rings. The van der Waals surface area contributed by atoms with E-state index in [4.69, 9.17) is 14.7 Å². The maximum Gasteiger partial charge on any atom is 0.258 e. The van der Waals surface area contributed by atoms with E-state index in [9.17, 15) is 4.79 Å². The quantitative estimate of drug-likeness (QED) is 0.807. The summed E-state index contributed by atoms with van der Waals surface area (Å²) < 4.78 is 10.9. The van der Waals surface area contributed by atoms with Gasteiger partial charge in [-0.25, -0.2) is 0 Å². The molecule has 0 unspecified atom stereocenters. The summed E-state index contributed by atoms with van der Waals surface area (Å²) in [6.07, 6.45) is 0. The van der Waals surface area contributed by atoms with Gasteiger partial charge in [-0.2, -0.15) is 5.26 Å². The maximum atomic E-state index is 11.4. The molecule has 0 bridgehead atoms. The van der Waals surface area contributed by atoms with E-state index in [2.05, 4.69) is 21.2 Å². The topological polar surface area (TPSA) is 71.3 Å². The van der Waals surface area contributed by atoms with Crippen LogP contribution < -0.4 is 10.1 Å². The van der Waals surface area contributed by atoms with Gasteiger partial charge in [-0.15, -0.1) is 0 Å². The van der Waals surface area contributed by atoms with Crippen molar-refractivity contribution in [2.45, 2.75) is 0 Å². The lowest BCUT2D eigenvalue weighted by Gasteiger charge is -2.08. The monoisotopic (exact) mass is 312 g/mol. The first-order valence-electron chi connectivity index (χ1n) is 5.25. The van der Waals surface area contributed by atoms with E-state index in [0.717, 1.165) is 4.47 Å². The Morgan fingerprint density at radius 3 is 3.00 bits per heavy atom. The number of methoxy groups -OCH3 is 1. The molecule has 0 aliphatic heterocycles. The first-order chi connectivity index (χ1) is 8.67. The van der Waals surface area contributed by atoms with Crippen molar-refractivity contribution < 1.29 is 14.3 Å². The molecule has 18 heavy (non-hydrogen) atoms. The lowest BCUT2D eigenvalue weighted by molar-refractivity contribution is -0.123. The molecule has 5 nitrogen and oxygen atoms in total. The van der Waals surface area contributed by atoms with Gasteiger partial charge in [-0.3, -0.25) is 4.79 Å². The van der Waals surface area contributed by atoms with Crippen LogP contribution in [0.1, 0.15) is 5.56 Å². The summed E-state index contributed by atoms with van der Waals surface area (Å²) >= 11 is 3.26. The fourth-order valence-corrected chi connectivity index (χ4v) is 1.56. The van der Waals surface area contributed by atoms with Crippen molar-refractivity contribution in [1.29, 1.82) is 5.26 Å². The number of benzene rings is 1. The highest BCUT2D eigenvalue weighted by Gasteiger charge is 2.06. The first-order valence-corrected chi connectivity index (χ1v) is 6.04. The third kappa shape index (κ3) is 4.73. The predicted molar refractivity (Wildman–Crippen MR) is 69.2 cm³/mol. The van der Waals surface area contributed by atoms with Crippen LogP contribution in [0.5, 0.6) is 5.75 Å². The number of nitriles is 1.